The van der Waals surface area contributed by atoms with E-state index in [2.05, 4.69) is 0 Å². The van der Waals surface area contributed by atoms with E-state index in [9.17, 15) is 9.67 Å². The van der Waals surface area contributed by atoms with Crippen LogP contribution in [0.5, 0.6) is 0 Å². The highest BCUT2D eigenvalue weighted by atomic mass is 31.2. The minimum absolute atomic E-state index is 0.303. The van der Waals surface area contributed by atoms with E-state index in [0.717, 1.165) is 12.2 Å². The highest BCUT2D eigenvalue weighted by Crippen LogP contribution is 2.37. The van der Waals surface area contributed by atoms with Crippen molar-refractivity contribution >= 4 is 15.4 Å². The fourth-order valence-corrected chi connectivity index (χ4v) is 2.11. The van der Waals surface area contributed by atoms with Crippen molar-refractivity contribution in [1.82, 2.24) is 0 Å². The van der Waals surface area contributed by atoms with Gasteiger partial charge >= 0.3 is 7.60 Å². The first kappa shape index (κ1) is 14.9. The molecule has 6 nitrogen and oxygen atoms in total. The molecule has 0 aliphatic carbocycles. The summed E-state index contributed by atoms with van der Waals surface area (Å²) in [6.45, 7) is 2.47. The molecule has 1 aliphatic heterocycles. The molecule has 0 bridgehead atoms. The molecule has 8 heteroatoms. The van der Waals surface area contributed by atoms with Crippen LogP contribution in [0.4, 0.5) is 0 Å². The molecule has 0 aromatic rings. The molecule has 1 unspecified atom stereocenters. The first-order chi connectivity index (χ1) is 7.85. The third-order valence-corrected chi connectivity index (χ3v) is 3.05. The second-order valence-electron chi connectivity index (χ2n) is 4.06. The number of aliphatic hydroxyl groups is 1. The van der Waals surface area contributed by atoms with Gasteiger partial charge in [-0.15, -0.1) is 0 Å². The van der Waals surface area contributed by atoms with E-state index >= 15 is 0 Å². The Balaban J connectivity index is 2.61. The Hall–Kier alpha value is -0.165. The molecule has 0 spiro atoms. The van der Waals surface area contributed by atoms with Crippen molar-refractivity contribution in [3.63, 3.8) is 0 Å². The van der Waals surface area contributed by atoms with Crippen LogP contribution >= 0.6 is 7.60 Å². The number of aliphatic hydroxyl groups excluding tert-OH is 1. The summed E-state index contributed by atoms with van der Waals surface area (Å²) in [7, 11) is -2.46. The molecule has 0 saturated carbocycles. The van der Waals surface area contributed by atoms with Crippen molar-refractivity contribution in [1.29, 1.82) is 0 Å². The summed E-state index contributed by atoms with van der Waals surface area (Å²) >= 11 is 0. The summed E-state index contributed by atoms with van der Waals surface area (Å²) < 4.78 is 21.5. The SMILES string of the molecule is B[C@@H]1O[C@H](/C=C/P(=O)(O)O)[C@H](O)C1OCCC. The van der Waals surface area contributed by atoms with Gasteiger partial charge in [-0.3, -0.25) is 4.57 Å². The minimum Gasteiger partial charge on any atom is -0.387 e. The summed E-state index contributed by atoms with van der Waals surface area (Å²) in [4.78, 5) is 17.4. The summed E-state index contributed by atoms with van der Waals surface area (Å²) in [6.07, 6.45) is -0.0730. The molecule has 3 N–H and O–H groups in total. The lowest BCUT2D eigenvalue weighted by molar-refractivity contribution is -0.0190. The van der Waals surface area contributed by atoms with E-state index in [1.54, 1.807) is 7.85 Å². The number of hydrogen-bond donors (Lipinski definition) is 3. The Bertz CT molecular complexity index is 317. The zero-order chi connectivity index (χ0) is 13.1. The van der Waals surface area contributed by atoms with Crippen LogP contribution in [0, 0.1) is 0 Å². The molecule has 0 radical (unpaired) electrons. The molecule has 1 rings (SSSR count). The molecule has 1 fully saturated rings. The fourth-order valence-electron chi connectivity index (χ4n) is 1.71. The molecule has 1 saturated heterocycles. The Morgan fingerprint density at radius 3 is 2.71 bits per heavy atom. The highest BCUT2D eigenvalue weighted by molar-refractivity contribution is 7.55. The average Bonchev–Trinajstić information content (AvgIpc) is 2.48. The quantitative estimate of drug-likeness (QED) is 0.444. The monoisotopic (exact) mass is 264 g/mol. The molecular formula is C9H18BO6P. The van der Waals surface area contributed by atoms with Crippen LogP contribution in [-0.4, -0.2) is 53.7 Å². The van der Waals surface area contributed by atoms with Gasteiger partial charge in [0, 0.05) is 12.4 Å². The first-order valence-corrected chi connectivity index (χ1v) is 7.23. The van der Waals surface area contributed by atoms with Gasteiger partial charge in [0.25, 0.3) is 0 Å². The Morgan fingerprint density at radius 2 is 2.18 bits per heavy atom. The average molecular weight is 264 g/mol. The van der Waals surface area contributed by atoms with Crippen molar-refractivity contribution in [2.24, 2.45) is 0 Å². The second kappa shape index (κ2) is 6.13. The number of rotatable bonds is 5. The molecule has 0 aromatic heterocycles. The van der Waals surface area contributed by atoms with Crippen LogP contribution < -0.4 is 0 Å². The third kappa shape index (κ3) is 4.54. The lowest BCUT2D eigenvalue weighted by Crippen LogP contribution is -2.35. The zero-order valence-electron chi connectivity index (χ0n) is 9.89. The van der Waals surface area contributed by atoms with E-state index in [0.29, 0.717) is 6.61 Å². The second-order valence-corrected chi connectivity index (χ2v) is 5.54. The van der Waals surface area contributed by atoms with Crippen molar-refractivity contribution in [2.45, 2.75) is 37.7 Å². The number of hydrogen-bond acceptors (Lipinski definition) is 4. The minimum atomic E-state index is -4.22. The Morgan fingerprint density at radius 1 is 1.53 bits per heavy atom. The summed E-state index contributed by atoms with van der Waals surface area (Å²) in [5.74, 6) is 0.746. The van der Waals surface area contributed by atoms with E-state index in [1.807, 2.05) is 6.92 Å². The van der Waals surface area contributed by atoms with Gasteiger partial charge in [-0.25, -0.2) is 0 Å². The highest BCUT2D eigenvalue weighted by Gasteiger charge is 2.40. The molecule has 0 amide bonds. The van der Waals surface area contributed by atoms with E-state index in [1.165, 1.54) is 6.08 Å². The van der Waals surface area contributed by atoms with Crippen LogP contribution in [0.15, 0.2) is 11.9 Å². The summed E-state index contributed by atoms with van der Waals surface area (Å²) in [6, 6.07) is -0.303. The van der Waals surface area contributed by atoms with Crippen molar-refractivity contribution < 1.29 is 28.9 Å². The molecule has 17 heavy (non-hydrogen) atoms. The smallest absolute Gasteiger partial charge is 0.348 e. The van der Waals surface area contributed by atoms with Gasteiger partial charge in [-0.05, 0) is 12.5 Å². The third-order valence-electron chi connectivity index (χ3n) is 2.49. The fraction of sp³-hybridized carbons (Fsp3) is 0.778. The predicted molar refractivity (Wildman–Crippen MR) is 64.4 cm³/mol. The van der Waals surface area contributed by atoms with Crippen LogP contribution in [0.3, 0.4) is 0 Å². The van der Waals surface area contributed by atoms with Crippen molar-refractivity contribution in [3.8, 4) is 0 Å². The standard InChI is InChI=1S/C9H18BO6P/c1-2-4-15-8-7(11)6(16-9(8)10)3-5-17(12,13)14/h3,5-9,11H,2,4,10H2,1H3,(H2,12,13,14)/b5-3+/t6-,7+,8?,9-/m1/s1. The van der Waals surface area contributed by atoms with Gasteiger partial charge in [-0.1, -0.05) is 6.92 Å². The van der Waals surface area contributed by atoms with Gasteiger partial charge in [-0.2, -0.15) is 0 Å². The van der Waals surface area contributed by atoms with Gasteiger partial charge in [0.15, 0.2) is 0 Å². The van der Waals surface area contributed by atoms with E-state index in [-0.39, 0.29) is 6.00 Å². The molecule has 4 atom stereocenters. The lowest BCUT2D eigenvalue weighted by Gasteiger charge is -2.17. The Kier molecular flexibility index (Phi) is 5.37. The van der Waals surface area contributed by atoms with E-state index < -0.39 is 25.9 Å². The normalized spacial score (nSPS) is 34.6. The van der Waals surface area contributed by atoms with Gasteiger partial charge < -0.3 is 24.4 Å². The summed E-state index contributed by atoms with van der Waals surface area (Å²) in [5, 5.41) is 9.89. The van der Waals surface area contributed by atoms with Crippen molar-refractivity contribution in [2.75, 3.05) is 6.61 Å². The zero-order valence-corrected chi connectivity index (χ0v) is 10.8. The molecule has 1 aliphatic rings. The van der Waals surface area contributed by atoms with Crippen LogP contribution in [0.1, 0.15) is 13.3 Å². The van der Waals surface area contributed by atoms with Crippen LogP contribution in [0.2, 0.25) is 0 Å². The van der Waals surface area contributed by atoms with Gasteiger partial charge in [0.1, 0.15) is 26.2 Å². The predicted octanol–water partition coefficient (Wildman–Crippen LogP) is -0.808. The van der Waals surface area contributed by atoms with E-state index in [4.69, 9.17) is 19.3 Å². The van der Waals surface area contributed by atoms with Gasteiger partial charge in [0.05, 0.1) is 6.00 Å². The van der Waals surface area contributed by atoms with Crippen LogP contribution in [-0.2, 0) is 14.0 Å². The molecule has 0 aromatic carbocycles. The maximum atomic E-state index is 10.7. The largest absolute Gasteiger partial charge is 0.387 e. The first-order valence-electron chi connectivity index (χ1n) is 5.55. The van der Waals surface area contributed by atoms with Gasteiger partial charge in [0.2, 0.25) is 0 Å². The maximum Gasteiger partial charge on any atom is 0.348 e. The molecule has 1 heterocycles. The Labute approximate surface area is 101 Å². The van der Waals surface area contributed by atoms with Crippen LogP contribution in [0.25, 0.3) is 0 Å². The molecular weight excluding hydrogens is 246 g/mol. The number of ether oxygens (including phenoxy) is 2. The topological polar surface area (TPSA) is 96.2 Å². The molecule has 98 valence electrons. The maximum absolute atomic E-state index is 10.7. The summed E-state index contributed by atoms with van der Waals surface area (Å²) in [5.41, 5.74) is 0. The van der Waals surface area contributed by atoms with Crippen molar-refractivity contribution in [3.05, 3.63) is 11.9 Å². The lowest BCUT2D eigenvalue weighted by atomic mass is 9.93.